The number of nitrogens with one attached hydrogen (secondary N) is 1. The second kappa shape index (κ2) is 7.13. The summed E-state index contributed by atoms with van der Waals surface area (Å²) < 4.78 is 0. The van der Waals surface area contributed by atoms with Gasteiger partial charge < -0.3 is 10.2 Å². The maximum Gasteiger partial charge on any atom is 0.303 e. The van der Waals surface area contributed by atoms with E-state index in [0.717, 1.165) is 31.2 Å². The summed E-state index contributed by atoms with van der Waals surface area (Å²) in [7, 11) is 0. The first-order chi connectivity index (χ1) is 11.5. The summed E-state index contributed by atoms with van der Waals surface area (Å²) in [6.45, 7) is 0. The van der Waals surface area contributed by atoms with Gasteiger partial charge in [0.1, 0.15) is 6.10 Å². The Hall–Kier alpha value is -2.21. The highest BCUT2D eigenvalue weighted by Crippen LogP contribution is 2.37. The molecule has 1 aromatic carbocycles. The van der Waals surface area contributed by atoms with Gasteiger partial charge in [-0.3, -0.25) is 9.59 Å². The average molecular weight is 330 g/mol. The summed E-state index contributed by atoms with van der Waals surface area (Å²) in [5.41, 5.74) is 5.17. The lowest BCUT2D eigenvalue weighted by Crippen LogP contribution is -2.38. The quantitative estimate of drug-likeness (QED) is 0.786. The molecular weight excluding hydrogens is 308 g/mol. The summed E-state index contributed by atoms with van der Waals surface area (Å²) in [5, 5.41) is 22.5. The SMILES string of the molecule is O=C(O)CC1CCC(c2ccc(C3=NNC(=O)C(O)C3)cc2)CC1. The van der Waals surface area contributed by atoms with Crippen LogP contribution in [0.3, 0.4) is 0 Å². The molecule has 6 heteroatoms. The van der Waals surface area contributed by atoms with Crippen molar-refractivity contribution in [2.75, 3.05) is 0 Å². The van der Waals surface area contributed by atoms with E-state index >= 15 is 0 Å². The average Bonchev–Trinajstić information content (AvgIpc) is 2.58. The minimum Gasteiger partial charge on any atom is -0.481 e. The molecule has 1 aromatic rings. The van der Waals surface area contributed by atoms with Gasteiger partial charge in [-0.1, -0.05) is 24.3 Å². The third-order valence-corrected chi connectivity index (χ3v) is 5.02. The van der Waals surface area contributed by atoms with E-state index in [1.54, 1.807) is 0 Å². The lowest BCUT2D eigenvalue weighted by atomic mass is 9.77. The van der Waals surface area contributed by atoms with Crippen molar-refractivity contribution >= 4 is 17.6 Å². The number of nitrogens with zero attached hydrogens (tertiary/aromatic N) is 1. The molecule has 1 fully saturated rings. The van der Waals surface area contributed by atoms with Gasteiger partial charge in [0, 0.05) is 12.8 Å². The normalized spacial score (nSPS) is 27.3. The highest BCUT2D eigenvalue weighted by atomic mass is 16.4. The van der Waals surface area contributed by atoms with Crippen LogP contribution in [0, 0.1) is 5.92 Å². The number of aliphatic carboxylic acids is 1. The molecule has 1 saturated carbocycles. The van der Waals surface area contributed by atoms with Gasteiger partial charge in [0.25, 0.3) is 5.91 Å². The van der Waals surface area contributed by atoms with Crippen LogP contribution in [0.2, 0.25) is 0 Å². The number of benzene rings is 1. The van der Waals surface area contributed by atoms with Crippen molar-refractivity contribution in [1.29, 1.82) is 0 Å². The van der Waals surface area contributed by atoms with Crippen molar-refractivity contribution in [2.24, 2.45) is 11.0 Å². The Morgan fingerprint density at radius 3 is 2.42 bits per heavy atom. The van der Waals surface area contributed by atoms with Gasteiger partial charge in [0.15, 0.2) is 0 Å². The second-order valence-corrected chi connectivity index (χ2v) is 6.69. The van der Waals surface area contributed by atoms with Crippen molar-refractivity contribution < 1.29 is 19.8 Å². The molecule has 1 atom stereocenters. The Labute approximate surface area is 140 Å². The zero-order valence-electron chi connectivity index (χ0n) is 13.4. The third-order valence-electron chi connectivity index (χ3n) is 5.02. The van der Waals surface area contributed by atoms with Crippen molar-refractivity contribution in [1.82, 2.24) is 5.43 Å². The summed E-state index contributed by atoms with van der Waals surface area (Å²) in [6, 6.07) is 8.09. The molecule has 1 aliphatic carbocycles. The van der Waals surface area contributed by atoms with E-state index in [1.807, 2.05) is 12.1 Å². The molecule has 0 aromatic heterocycles. The third kappa shape index (κ3) is 3.82. The van der Waals surface area contributed by atoms with E-state index in [-0.39, 0.29) is 12.8 Å². The molecule has 1 aliphatic heterocycles. The number of hydrogen-bond acceptors (Lipinski definition) is 4. The molecule has 0 saturated heterocycles. The summed E-state index contributed by atoms with van der Waals surface area (Å²) in [6.07, 6.45) is 3.43. The minimum atomic E-state index is -1.04. The van der Waals surface area contributed by atoms with Crippen molar-refractivity contribution in [3.05, 3.63) is 35.4 Å². The van der Waals surface area contributed by atoms with Crippen LogP contribution in [-0.4, -0.2) is 33.9 Å². The van der Waals surface area contributed by atoms with E-state index in [2.05, 4.69) is 22.7 Å². The number of hydrazone groups is 1. The van der Waals surface area contributed by atoms with Gasteiger partial charge in [0.05, 0.1) is 5.71 Å². The van der Waals surface area contributed by atoms with Gasteiger partial charge in [-0.2, -0.15) is 5.10 Å². The lowest BCUT2D eigenvalue weighted by Gasteiger charge is -2.28. The number of hydrogen-bond donors (Lipinski definition) is 3. The van der Waals surface area contributed by atoms with Crippen LogP contribution in [0.4, 0.5) is 0 Å². The number of aliphatic hydroxyl groups is 1. The van der Waals surface area contributed by atoms with Gasteiger partial charge in [-0.25, -0.2) is 5.43 Å². The molecule has 3 rings (SSSR count). The Balaban J connectivity index is 1.61. The fraction of sp³-hybridized carbons (Fsp3) is 0.500. The van der Waals surface area contributed by atoms with Crippen LogP contribution in [0.5, 0.6) is 0 Å². The van der Waals surface area contributed by atoms with E-state index in [0.29, 0.717) is 17.5 Å². The molecule has 24 heavy (non-hydrogen) atoms. The fourth-order valence-corrected chi connectivity index (χ4v) is 3.60. The molecule has 0 radical (unpaired) electrons. The number of rotatable bonds is 4. The molecule has 1 amide bonds. The highest BCUT2D eigenvalue weighted by molar-refractivity contribution is 6.05. The number of carboxylic acid groups (broad SMARTS) is 1. The van der Waals surface area contributed by atoms with Gasteiger partial charge in [0.2, 0.25) is 0 Å². The highest BCUT2D eigenvalue weighted by Gasteiger charge is 2.25. The Morgan fingerprint density at radius 2 is 1.83 bits per heavy atom. The first-order valence-electron chi connectivity index (χ1n) is 8.39. The topological polar surface area (TPSA) is 99.0 Å². The molecule has 0 spiro atoms. The molecule has 2 aliphatic rings. The first-order valence-corrected chi connectivity index (χ1v) is 8.39. The lowest BCUT2D eigenvalue weighted by molar-refractivity contribution is -0.138. The van der Waals surface area contributed by atoms with Crippen LogP contribution >= 0.6 is 0 Å². The summed E-state index contributed by atoms with van der Waals surface area (Å²) in [4.78, 5) is 22.0. The minimum absolute atomic E-state index is 0.228. The van der Waals surface area contributed by atoms with E-state index in [1.165, 1.54) is 5.56 Å². The maximum absolute atomic E-state index is 11.2. The van der Waals surface area contributed by atoms with Gasteiger partial charge in [-0.15, -0.1) is 0 Å². The molecule has 1 heterocycles. The molecule has 3 N–H and O–H groups in total. The van der Waals surface area contributed by atoms with Crippen LogP contribution in [0.1, 0.15) is 55.6 Å². The van der Waals surface area contributed by atoms with Crippen molar-refractivity contribution in [3.8, 4) is 0 Å². The van der Waals surface area contributed by atoms with E-state index in [9.17, 15) is 14.7 Å². The molecule has 6 nitrogen and oxygen atoms in total. The van der Waals surface area contributed by atoms with E-state index < -0.39 is 18.0 Å². The summed E-state index contributed by atoms with van der Waals surface area (Å²) in [5.74, 6) is -0.388. The van der Waals surface area contributed by atoms with Crippen LogP contribution in [-0.2, 0) is 9.59 Å². The summed E-state index contributed by atoms with van der Waals surface area (Å²) >= 11 is 0. The van der Waals surface area contributed by atoms with Crippen LogP contribution < -0.4 is 5.43 Å². The Kier molecular flexibility index (Phi) is 4.94. The smallest absolute Gasteiger partial charge is 0.303 e. The number of amides is 1. The maximum atomic E-state index is 11.2. The van der Waals surface area contributed by atoms with Crippen molar-refractivity contribution in [2.45, 2.75) is 50.5 Å². The molecule has 0 bridgehead atoms. The fourth-order valence-electron chi connectivity index (χ4n) is 3.60. The standard InChI is InChI=1S/C18H22N2O4/c21-16-10-15(19-20-18(16)24)14-7-5-13(6-8-14)12-3-1-11(2-4-12)9-17(22)23/h5-8,11-12,16,21H,1-4,9-10H2,(H,20,24)(H,22,23). The largest absolute Gasteiger partial charge is 0.481 e. The number of carbonyl (C=O) groups is 2. The number of carbonyl (C=O) groups excluding carboxylic acids is 1. The predicted molar refractivity (Wildman–Crippen MR) is 88.7 cm³/mol. The monoisotopic (exact) mass is 330 g/mol. The van der Waals surface area contributed by atoms with Crippen molar-refractivity contribution in [3.63, 3.8) is 0 Å². The molecule has 1 unspecified atom stereocenters. The number of aliphatic hydroxyl groups excluding tert-OH is 1. The van der Waals surface area contributed by atoms with Gasteiger partial charge in [-0.05, 0) is 48.6 Å². The second-order valence-electron chi connectivity index (χ2n) is 6.69. The van der Waals surface area contributed by atoms with Gasteiger partial charge >= 0.3 is 5.97 Å². The van der Waals surface area contributed by atoms with Crippen LogP contribution in [0.25, 0.3) is 0 Å². The first kappa shape index (κ1) is 16.6. The Bertz CT molecular complexity index is 645. The molecular formula is C18H22N2O4. The zero-order valence-corrected chi connectivity index (χ0v) is 13.4. The zero-order chi connectivity index (χ0) is 17.1. The number of carboxylic acids is 1. The van der Waals surface area contributed by atoms with E-state index in [4.69, 9.17) is 5.11 Å². The molecule has 128 valence electrons. The van der Waals surface area contributed by atoms with Crippen LogP contribution in [0.15, 0.2) is 29.4 Å². The Morgan fingerprint density at radius 1 is 1.17 bits per heavy atom. The predicted octanol–water partition coefficient (Wildman–Crippen LogP) is 2.02.